The van der Waals surface area contributed by atoms with E-state index in [1.54, 1.807) is 0 Å². The number of hydrogen-bond acceptors (Lipinski definition) is 3. The fraction of sp³-hybridized carbons (Fsp3) is 0.294. The highest BCUT2D eigenvalue weighted by atomic mass is 35.5. The second-order valence-corrected chi connectivity index (χ2v) is 5.71. The summed E-state index contributed by atoms with van der Waals surface area (Å²) in [7, 11) is 0. The number of fused-ring (bicyclic) bond motifs is 1. The first-order valence-corrected chi connectivity index (χ1v) is 7.84. The largest absolute Gasteiger partial charge is 0.335 e. The molecule has 0 radical (unpaired) electrons. The van der Waals surface area contributed by atoms with Crippen molar-refractivity contribution in [1.29, 1.82) is 0 Å². The van der Waals surface area contributed by atoms with Crippen LogP contribution in [0.4, 0.5) is 0 Å². The second-order valence-electron chi connectivity index (χ2n) is 5.30. The van der Waals surface area contributed by atoms with E-state index in [9.17, 15) is 0 Å². The molecule has 2 heterocycles. The van der Waals surface area contributed by atoms with Gasteiger partial charge in [-0.2, -0.15) is 0 Å². The smallest absolute Gasteiger partial charge is 0.105 e. The molecule has 3 rings (SSSR count). The number of imidazole rings is 1. The van der Waals surface area contributed by atoms with Gasteiger partial charge in [-0.05, 0) is 43.7 Å². The van der Waals surface area contributed by atoms with Crippen molar-refractivity contribution in [2.75, 3.05) is 6.54 Å². The Morgan fingerprint density at radius 3 is 2.91 bits per heavy atom. The monoisotopic (exact) mass is 314 g/mol. The minimum absolute atomic E-state index is 0.752. The first-order chi connectivity index (χ1) is 10.8. The van der Waals surface area contributed by atoms with Crippen LogP contribution >= 0.6 is 11.6 Å². The third-order valence-electron chi connectivity index (χ3n) is 3.79. The Balaban J connectivity index is 1.56. The maximum atomic E-state index is 6.22. The molecule has 0 fully saturated rings. The fourth-order valence-electron chi connectivity index (χ4n) is 2.58. The molecule has 1 N–H and O–H groups in total. The standard InChI is InChI=1S/C17H19ClN4/c1-13-20-9-11-22(13)10-3-7-19-12-14-5-6-16(18)15-4-2-8-21-17(14)15/h2,4-6,8-9,11,19H,3,7,10,12H2,1H3. The van der Waals surface area contributed by atoms with Gasteiger partial charge in [0.1, 0.15) is 5.82 Å². The molecular weight excluding hydrogens is 296 g/mol. The van der Waals surface area contributed by atoms with Crippen LogP contribution in [0, 0.1) is 6.92 Å². The average Bonchev–Trinajstić information content (AvgIpc) is 2.95. The van der Waals surface area contributed by atoms with E-state index in [-0.39, 0.29) is 0 Å². The lowest BCUT2D eigenvalue weighted by atomic mass is 10.1. The van der Waals surface area contributed by atoms with Crippen molar-refractivity contribution in [3.05, 3.63) is 59.3 Å². The van der Waals surface area contributed by atoms with Crippen LogP contribution in [0.3, 0.4) is 0 Å². The first-order valence-electron chi connectivity index (χ1n) is 7.46. The number of hydrogen-bond donors (Lipinski definition) is 1. The second kappa shape index (κ2) is 6.90. The zero-order valence-electron chi connectivity index (χ0n) is 12.6. The van der Waals surface area contributed by atoms with Gasteiger partial charge in [-0.1, -0.05) is 17.7 Å². The number of halogens is 1. The highest BCUT2D eigenvalue weighted by molar-refractivity contribution is 6.35. The summed E-state index contributed by atoms with van der Waals surface area (Å²) in [5, 5.41) is 5.24. The van der Waals surface area contributed by atoms with Gasteiger partial charge in [-0.15, -0.1) is 0 Å². The number of aryl methyl sites for hydroxylation is 2. The molecule has 0 amide bonds. The van der Waals surface area contributed by atoms with E-state index in [1.807, 2.05) is 49.8 Å². The van der Waals surface area contributed by atoms with E-state index in [2.05, 4.69) is 19.9 Å². The predicted octanol–water partition coefficient (Wildman–Crippen LogP) is 3.57. The van der Waals surface area contributed by atoms with E-state index in [4.69, 9.17) is 11.6 Å². The predicted molar refractivity (Wildman–Crippen MR) is 90.0 cm³/mol. The molecule has 0 bridgehead atoms. The molecule has 2 aromatic heterocycles. The molecule has 22 heavy (non-hydrogen) atoms. The number of benzene rings is 1. The molecule has 5 heteroatoms. The first kappa shape index (κ1) is 15.0. The lowest BCUT2D eigenvalue weighted by Crippen LogP contribution is -2.17. The van der Waals surface area contributed by atoms with E-state index in [0.717, 1.165) is 47.8 Å². The molecule has 3 aromatic rings. The van der Waals surface area contributed by atoms with Crippen LogP contribution in [-0.4, -0.2) is 21.1 Å². The minimum Gasteiger partial charge on any atom is -0.335 e. The molecule has 1 aromatic carbocycles. The molecule has 114 valence electrons. The average molecular weight is 315 g/mol. The summed E-state index contributed by atoms with van der Waals surface area (Å²) >= 11 is 6.22. The summed E-state index contributed by atoms with van der Waals surface area (Å²) in [6.45, 7) is 4.76. The molecular formula is C17H19ClN4. The molecule has 4 nitrogen and oxygen atoms in total. The fourth-order valence-corrected chi connectivity index (χ4v) is 2.79. The summed E-state index contributed by atoms with van der Waals surface area (Å²) in [5.74, 6) is 1.06. The molecule has 0 atom stereocenters. The topological polar surface area (TPSA) is 42.7 Å². The summed E-state index contributed by atoms with van der Waals surface area (Å²) in [6, 6.07) is 7.91. The third kappa shape index (κ3) is 3.29. The van der Waals surface area contributed by atoms with Crippen molar-refractivity contribution in [3.8, 4) is 0 Å². The van der Waals surface area contributed by atoms with Gasteiger partial charge in [-0.25, -0.2) is 4.98 Å². The van der Waals surface area contributed by atoms with Crippen LogP contribution < -0.4 is 5.32 Å². The minimum atomic E-state index is 0.752. The quantitative estimate of drug-likeness (QED) is 0.707. The number of nitrogens with one attached hydrogen (secondary N) is 1. The van der Waals surface area contributed by atoms with Crippen LogP contribution in [0.15, 0.2) is 42.9 Å². The maximum absolute atomic E-state index is 6.22. The van der Waals surface area contributed by atoms with Crippen LogP contribution in [0.25, 0.3) is 10.9 Å². The Morgan fingerprint density at radius 1 is 1.18 bits per heavy atom. The van der Waals surface area contributed by atoms with Crippen LogP contribution in [0.1, 0.15) is 17.8 Å². The molecule has 0 unspecified atom stereocenters. The van der Waals surface area contributed by atoms with Crippen molar-refractivity contribution < 1.29 is 0 Å². The van der Waals surface area contributed by atoms with Crippen LogP contribution in [-0.2, 0) is 13.1 Å². The number of nitrogens with zero attached hydrogens (tertiary/aromatic N) is 3. The van der Waals surface area contributed by atoms with E-state index >= 15 is 0 Å². The van der Waals surface area contributed by atoms with Gasteiger partial charge in [0.15, 0.2) is 0 Å². The SMILES string of the molecule is Cc1nccn1CCCNCc1ccc(Cl)c2cccnc12. The summed E-state index contributed by atoms with van der Waals surface area (Å²) in [4.78, 5) is 8.68. The number of aromatic nitrogens is 3. The summed E-state index contributed by atoms with van der Waals surface area (Å²) in [6.07, 6.45) is 6.74. The highest BCUT2D eigenvalue weighted by Crippen LogP contribution is 2.24. The van der Waals surface area contributed by atoms with Gasteiger partial charge in [-0.3, -0.25) is 4.98 Å². The molecule has 0 saturated carbocycles. The van der Waals surface area contributed by atoms with E-state index in [1.165, 1.54) is 5.56 Å². The molecule has 0 spiro atoms. The lowest BCUT2D eigenvalue weighted by molar-refractivity contribution is 0.573. The van der Waals surface area contributed by atoms with Crippen LogP contribution in [0.2, 0.25) is 5.02 Å². The van der Waals surface area contributed by atoms with Gasteiger partial charge < -0.3 is 9.88 Å². The molecule has 0 aliphatic rings. The normalized spacial score (nSPS) is 11.2. The highest BCUT2D eigenvalue weighted by Gasteiger charge is 2.05. The van der Waals surface area contributed by atoms with Crippen molar-refractivity contribution in [1.82, 2.24) is 19.9 Å². The summed E-state index contributed by atoms with van der Waals surface area (Å²) < 4.78 is 2.17. The Hall–Kier alpha value is -1.91. The van der Waals surface area contributed by atoms with Crippen molar-refractivity contribution in [3.63, 3.8) is 0 Å². The van der Waals surface area contributed by atoms with Crippen molar-refractivity contribution in [2.45, 2.75) is 26.4 Å². The van der Waals surface area contributed by atoms with Crippen LogP contribution in [0.5, 0.6) is 0 Å². The molecule has 0 saturated heterocycles. The third-order valence-corrected chi connectivity index (χ3v) is 4.12. The number of pyridine rings is 1. The molecule has 0 aliphatic carbocycles. The zero-order valence-corrected chi connectivity index (χ0v) is 13.3. The Labute approximate surface area is 135 Å². The van der Waals surface area contributed by atoms with Crippen molar-refractivity contribution in [2.24, 2.45) is 0 Å². The van der Waals surface area contributed by atoms with Gasteiger partial charge in [0.05, 0.1) is 5.52 Å². The lowest BCUT2D eigenvalue weighted by Gasteiger charge is -2.09. The van der Waals surface area contributed by atoms with Crippen molar-refractivity contribution >= 4 is 22.5 Å². The zero-order chi connectivity index (χ0) is 15.4. The summed E-state index contributed by atoms with van der Waals surface area (Å²) in [5.41, 5.74) is 2.16. The van der Waals surface area contributed by atoms with E-state index in [0.29, 0.717) is 0 Å². The Morgan fingerprint density at radius 2 is 2.09 bits per heavy atom. The molecule has 0 aliphatic heterocycles. The number of rotatable bonds is 6. The maximum Gasteiger partial charge on any atom is 0.105 e. The van der Waals surface area contributed by atoms with Gasteiger partial charge in [0, 0.05) is 42.1 Å². The van der Waals surface area contributed by atoms with Gasteiger partial charge >= 0.3 is 0 Å². The van der Waals surface area contributed by atoms with Gasteiger partial charge in [0.25, 0.3) is 0 Å². The Bertz CT molecular complexity index is 766. The Kier molecular flexibility index (Phi) is 4.71. The van der Waals surface area contributed by atoms with E-state index < -0.39 is 0 Å². The van der Waals surface area contributed by atoms with Gasteiger partial charge in [0.2, 0.25) is 0 Å².